The third-order valence-electron chi connectivity index (χ3n) is 10.8. The van der Waals surface area contributed by atoms with Crippen LogP contribution < -0.4 is 10.6 Å². The molecule has 2 amide bonds. The average molecular weight is 859 g/mol. The number of sulfone groups is 2. The highest BCUT2D eigenvalue weighted by Crippen LogP contribution is 2.40. The molecule has 2 aromatic carbocycles. The number of aliphatic hydroxyl groups excluding tert-OH is 1. The summed E-state index contributed by atoms with van der Waals surface area (Å²) in [6.45, 7) is -0.243. The number of hydrogen-bond donors (Lipinski definition) is 3. The lowest BCUT2D eigenvalue weighted by Crippen LogP contribution is -2.29. The van der Waals surface area contributed by atoms with E-state index in [2.05, 4.69) is 40.5 Å². The van der Waals surface area contributed by atoms with E-state index in [1.807, 2.05) is 0 Å². The second kappa shape index (κ2) is 17.1. The zero-order chi connectivity index (χ0) is 42.0. The Bertz CT molecular complexity index is 2730. The number of fused-ring (bicyclic) bond motifs is 2. The van der Waals surface area contributed by atoms with E-state index in [0.717, 1.165) is 6.26 Å². The van der Waals surface area contributed by atoms with Gasteiger partial charge in [0.1, 0.15) is 34.9 Å². The van der Waals surface area contributed by atoms with Crippen molar-refractivity contribution in [3.05, 3.63) is 97.1 Å². The predicted octanol–water partition coefficient (Wildman–Crippen LogP) is 3.21. The van der Waals surface area contributed by atoms with Crippen molar-refractivity contribution < 1.29 is 41.0 Å². The molecule has 6 aromatic rings. The Morgan fingerprint density at radius 3 is 1.63 bits per heavy atom. The van der Waals surface area contributed by atoms with Gasteiger partial charge in [0.05, 0.1) is 42.1 Å². The molecule has 2 fully saturated rings. The number of nitrogens with zero attached hydrogens (tertiary/aromatic N) is 8. The minimum Gasteiger partial charge on any atom is -0.396 e. The number of hydrogen-bond acceptors (Lipinski definition) is 15. The second-order valence-corrected chi connectivity index (χ2v) is 19.5. The van der Waals surface area contributed by atoms with E-state index in [-0.39, 0.29) is 72.5 Å². The fourth-order valence-electron chi connectivity index (χ4n) is 7.77. The molecule has 314 valence electrons. The fourth-order valence-corrected chi connectivity index (χ4v) is 10.2. The molecule has 0 saturated carbocycles. The summed E-state index contributed by atoms with van der Waals surface area (Å²) in [5, 5.41) is 15.9. The van der Waals surface area contributed by atoms with Crippen LogP contribution in [0.15, 0.2) is 86.0 Å². The Balaban J connectivity index is 0.942. The molecule has 2 aliphatic heterocycles. The van der Waals surface area contributed by atoms with Crippen LogP contribution in [0.2, 0.25) is 0 Å². The number of imidazole rings is 2. The lowest BCUT2D eigenvalue weighted by Gasteiger charge is -2.20. The largest absolute Gasteiger partial charge is 0.396 e. The van der Waals surface area contributed by atoms with Gasteiger partial charge < -0.3 is 25.2 Å². The minimum atomic E-state index is -3.77. The molecular weight excluding hydrogens is 817 g/mol. The molecule has 2 aliphatic rings. The van der Waals surface area contributed by atoms with E-state index in [1.54, 1.807) is 69.8 Å². The van der Waals surface area contributed by atoms with Crippen molar-refractivity contribution in [1.82, 2.24) is 39.0 Å². The second-order valence-electron chi connectivity index (χ2n) is 15.0. The average Bonchev–Trinajstić information content (AvgIpc) is 4.05. The molecular formula is C39H42N10O9S2. The molecule has 60 heavy (non-hydrogen) atoms. The van der Waals surface area contributed by atoms with Crippen molar-refractivity contribution in [2.24, 2.45) is 11.8 Å². The lowest BCUT2D eigenvalue weighted by atomic mass is 10.00. The Labute approximate surface area is 344 Å². The van der Waals surface area contributed by atoms with E-state index in [9.17, 15) is 31.5 Å². The third-order valence-corrected chi connectivity index (χ3v) is 13.6. The van der Waals surface area contributed by atoms with Crippen LogP contribution in [0.5, 0.6) is 0 Å². The van der Waals surface area contributed by atoms with Crippen LogP contribution in [0.25, 0.3) is 22.3 Å². The normalized spacial score (nSPS) is 22.0. The van der Waals surface area contributed by atoms with Crippen LogP contribution in [-0.4, -0.2) is 115 Å². The molecule has 0 bridgehead atoms. The molecule has 21 heteroatoms. The molecule has 4 aromatic heterocycles. The van der Waals surface area contributed by atoms with Crippen LogP contribution in [-0.2, 0) is 29.1 Å². The summed E-state index contributed by atoms with van der Waals surface area (Å²) in [7, 11) is -7.16. The minimum absolute atomic E-state index is 0.0790. The van der Waals surface area contributed by atoms with E-state index in [4.69, 9.17) is 9.47 Å². The maximum absolute atomic E-state index is 13.8. The van der Waals surface area contributed by atoms with Crippen molar-refractivity contribution in [3.63, 3.8) is 0 Å². The van der Waals surface area contributed by atoms with Gasteiger partial charge in [0.15, 0.2) is 43.8 Å². The van der Waals surface area contributed by atoms with Gasteiger partial charge in [0.2, 0.25) is 0 Å². The fraction of sp³-hybridized carbons (Fsp3) is 0.385. The quantitative estimate of drug-likeness (QED) is 0.134. The molecule has 6 atom stereocenters. The molecule has 0 aliphatic carbocycles. The molecule has 6 heterocycles. The first-order valence-electron chi connectivity index (χ1n) is 19.2. The number of nitrogens with one attached hydrogen (secondary N) is 2. The number of carbonyl (C=O) groups is 2. The highest BCUT2D eigenvalue weighted by Gasteiger charge is 2.41. The number of ether oxygens (including phenoxy) is 2. The monoisotopic (exact) mass is 858 g/mol. The van der Waals surface area contributed by atoms with Gasteiger partial charge in [0, 0.05) is 42.2 Å². The summed E-state index contributed by atoms with van der Waals surface area (Å²) in [6, 6.07) is 17.3. The SMILES string of the molecule is CS(=O)(=O)CC[C@H]1O[C@@H](n2cnc3c(NC(=O)c4ccccc4)ncnc32)C[C@@H]1CS(=O)(=O)CC[C@H]1O[C@@H](n2cnc3c(NC(=O)c4ccccc4)ncnc32)C[C@@H]1CO. The number of anilines is 2. The topological polar surface area (TPSA) is 252 Å². The van der Waals surface area contributed by atoms with Gasteiger partial charge in [0.25, 0.3) is 11.8 Å². The maximum atomic E-state index is 13.8. The molecule has 2 saturated heterocycles. The lowest BCUT2D eigenvalue weighted by molar-refractivity contribution is -0.00808. The van der Waals surface area contributed by atoms with E-state index in [0.29, 0.717) is 39.9 Å². The Morgan fingerprint density at radius 2 is 1.15 bits per heavy atom. The van der Waals surface area contributed by atoms with Gasteiger partial charge in [-0.05, 0) is 43.5 Å². The molecule has 0 spiro atoms. The number of benzene rings is 2. The Hall–Kier alpha value is -5.74. The first kappa shape index (κ1) is 41.0. The highest BCUT2D eigenvalue weighted by molar-refractivity contribution is 7.91. The van der Waals surface area contributed by atoms with Crippen molar-refractivity contribution in [2.75, 3.05) is 40.8 Å². The summed E-state index contributed by atoms with van der Waals surface area (Å²) in [6.07, 6.45) is 4.75. The predicted molar refractivity (Wildman–Crippen MR) is 218 cm³/mol. The van der Waals surface area contributed by atoms with Gasteiger partial charge in [-0.3, -0.25) is 18.7 Å². The van der Waals surface area contributed by atoms with Gasteiger partial charge in [-0.1, -0.05) is 36.4 Å². The van der Waals surface area contributed by atoms with Gasteiger partial charge in [-0.15, -0.1) is 0 Å². The van der Waals surface area contributed by atoms with Crippen LogP contribution >= 0.6 is 0 Å². The van der Waals surface area contributed by atoms with Crippen molar-refractivity contribution in [2.45, 2.75) is 50.3 Å². The number of amides is 2. The van der Waals surface area contributed by atoms with Crippen LogP contribution in [0, 0.1) is 11.8 Å². The van der Waals surface area contributed by atoms with Crippen LogP contribution in [0.3, 0.4) is 0 Å². The molecule has 0 unspecified atom stereocenters. The standard InChI is InChI=1S/C39H42N10O9S2/c1-59(53,54)14-12-29-27(17-31(58-29)49-23-45-33-35(41-21-43-37(33)49)47-39(52)25-10-6-3-7-11-25)19-60(55,56)15-13-28-26(18-50)16-30(57-28)48-22-44-32-34(40-20-42-36(32)48)46-38(51)24-8-4-2-5-9-24/h2-11,20-23,26-31,50H,12-19H2,1H3,(H,40,42,46,51)(H,41,43,47,52)/t26-,27-,28-,29-,30-,31-/m1/s1. The molecule has 19 nitrogen and oxygen atoms in total. The van der Waals surface area contributed by atoms with Crippen LogP contribution in [0.1, 0.15) is 58.9 Å². The van der Waals surface area contributed by atoms with Gasteiger partial charge >= 0.3 is 0 Å². The van der Waals surface area contributed by atoms with E-state index in [1.165, 1.54) is 25.3 Å². The Kier molecular flexibility index (Phi) is 11.7. The van der Waals surface area contributed by atoms with Crippen molar-refractivity contribution >= 4 is 65.5 Å². The Morgan fingerprint density at radius 1 is 0.683 bits per heavy atom. The van der Waals surface area contributed by atoms with Gasteiger partial charge in [-0.25, -0.2) is 46.7 Å². The number of rotatable bonds is 15. The van der Waals surface area contributed by atoms with Crippen LogP contribution in [0.4, 0.5) is 11.6 Å². The third kappa shape index (κ3) is 9.04. The number of carbonyl (C=O) groups excluding carboxylic acids is 2. The summed E-state index contributed by atoms with van der Waals surface area (Å²) < 4.78 is 68.1. The van der Waals surface area contributed by atoms with Crippen molar-refractivity contribution in [3.8, 4) is 0 Å². The van der Waals surface area contributed by atoms with Crippen molar-refractivity contribution in [1.29, 1.82) is 0 Å². The van der Waals surface area contributed by atoms with Gasteiger partial charge in [-0.2, -0.15) is 0 Å². The zero-order valence-corrected chi connectivity index (χ0v) is 33.9. The summed E-state index contributed by atoms with van der Waals surface area (Å²) in [5.41, 5.74) is 2.25. The summed E-state index contributed by atoms with van der Waals surface area (Å²) in [5.74, 6) is -2.05. The summed E-state index contributed by atoms with van der Waals surface area (Å²) in [4.78, 5) is 51.8. The smallest absolute Gasteiger partial charge is 0.256 e. The molecule has 8 rings (SSSR count). The first-order chi connectivity index (χ1) is 28.9. The van der Waals surface area contributed by atoms with E-state index < -0.39 is 50.3 Å². The molecule has 0 radical (unpaired) electrons. The number of aromatic nitrogens is 8. The first-order valence-corrected chi connectivity index (χ1v) is 23.1. The molecule has 3 N–H and O–H groups in total. The van der Waals surface area contributed by atoms with E-state index >= 15 is 0 Å². The summed E-state index contributed by atoms with van der Waals surface area (Å²) >= 11 is 0. The number of aliphatic hydroxyl groups is 1. The maximum Gasteiger partial charge on any atom is 0.256 e. The zero-order valence-electron chi connectivity index (χ0n) is 32.3. The highest BCUT2D eigenvalue weighted by atomic mass is 32.2.